The molecular formula is C10H11ClN4O. The van der Waals surface area contributed by atoms with E-state index in [4.69, 9.17) is 17.3 Å². The molecule has 0 atom stereocenters. The van der Waals surface area contributed by atoms with Gasteiger partial charge in [0.15, 0.2) is 5.65 Å². The number of alkyl halides is 1. The van der Waals surface area contributed by atoms with Crippen LogP contribution in [-0.2, 0) is 17.8 Å². The largest absolute Gasteiger partial charge is 0.368 e. The Morgan fingerprint density at radius 3 is 3.06 bits per heavy atom. The molecule has 1 amide bonds. The Morgan fingerprint density at radius 1 is 1.56 bits per heavy atom. The van der Waals surface area contributed by atoms with Gasteiger partial charge in [0.2, 0.25) is 5.91 Å². The summed E-state index contributed by atoms with van der Waals surface area (Å²) in [6, 6.07) is 3.64. The van der Waals surface area contributed by atoms with E-state index in [2.05, 4.69) is 9.97 Å². The monoisotopic (exact) mass is 238 g/mol. The van der Waals surface area contributed by atoms with Gasteiger partial charge in [0.1, 0.15) is 17.9 Å². The summed E-state index contributed by atoms with van der Waals surface area (Å²) in [7, 11) is 0. The first-order valence-electron chi connectivity index (χ1n) is 4.86. The van der Waals surface area contributed by atoms with Crippen molar-refractivity contribution < 1.29 is 4.79 Å². The molecule has 0 bridgehead atoms. The van der Waals surface area contributed by atoms with E-state index in [0.717, 1.165) is 11.3 Å². The second-order valence-corrected chi connectivity index (χ2v) is 3.74. The summed E-state index contributed by atoms with van der Waals surface area (Å²) >= 11 is 5.68. The van der Waals surface area contributed by atoms with Gasteiger partial charge in [0, 0.05) is 18.5 Å². The van der Waals surface area contributed by atoms with Crippen molar-refractivity contribution in [1.82, 2.24) is 14.5 Å². The minimum absolute atomic E-state index is 0.0831. The van der Waals surface area contributed by atoms with Crippen molar-refractivity contribution in [1.29, 1.82) is 0 Å². The third-order valence-electron chi connectivity index (χ3n) is 2.21. The van der Waals surface area contributed by atoms with E-state index in [9.17, 15) is 4.79 Å². The van der Waals surface area contributed by atoms with Crippen LogP contribution in [0, 0.1) is 0 Å². The van der Waals surface area contributed by atoms with Crippen LogP contribution in [0.4, 0.5) is 0 Å². The van der Waals surface area contributed by atoms with E-state index in [0.29, 0.717) is 17.9 Å². The highest BCUT2D eigenvalue weighted by molar-refractivity contribution is 6.17. The quantitative estimate of drug-likeness (QED) is 0.797. The first kappa shape index (κ1) is 10.9. The fourth-order valence-electron chi connectivity index (χ4n) is 1.60. The highest BCUT2D eigenvalue weighted by Crippen LogP contribution is 2.14. The van der Waals surface area contributed by atoms with Crippen LogP contribution in [0.2, 0.25) is 0 Å². The maximum Gasteiger partial charge on any atom is 0.237 e. The van der Waals surface area contributed by atoms with E-state index >= 15 is 0 Å². The Morgan fingerprint density at radius 2 is 2.38 bits per heavy atom. The summed E-state index contributed by atoms with van der Waals surface area (Å²) in [5.74, 6) is 0.769. The zero-order chi connectivity index (χ0) is 11.5. The lowest BCUT2D eigenvalue weighted by molar-refractivity contribution is -0.118. The predicted molar refractivity (Wildman–Crippen MR) is 61.1 cm³/mol. The van der Waals surface area contributed by atoms with Crippen LogP contribution in [0.15, 0.2) is 18.3 Å². The van der Waals surface area contributed by atoms with E-state index < -0.39 is 5.91 Å². The van der Waals surface area contributed by atoms with E-state index in [1.807, 2.05) is 6.07 Å². The first-order valence-corrected chi connectivity index (χ1v) is 5.40. The van der Waals surface area contributed by atoms with Crippen LogP contribution in [-0.4, -0.2) is 26.3 Å². The number of amides is 1. The lowest BCUT2D eigenvalue weighted by atomic mass is 10.4. The van der Waals surface area contributed by atoms with Crippen molar-refractivity contribution in [2.75, 3.05) is 5.88 Å². The van der Waals surface area contributed by atoms with Crippen LogP contribution in [0.1, 0.15) is 5.82 Å². The Bertz CT molecular complexity index is 523. The Kier molecular flexibility index (Phi) is 3.05. The number of aryl methyl sites for hydroxylation is 1. The summed E-state index contributed by atoms with van der Waals surface area (Å²) in [6.45, 7) is 0.0831. The average molecular weight is 239 g/mol. The summed E-state index contributed by atoms with van der Waals surface area (Å²) in [4.78, 5) is 19.5. The molecular weight excluding hydrogens is 228 g/mol. The third kappa shape index (κ3) is 1.99. The number of carbonyl (C=O) groups excluding carboxylic acids is 1. The average Bonchev–Trinajstić information content (AvgIpc) is 2.57. The summed E-state index contributed by atoms with van der Waals surface area (Å²) < 4.78 is 1.71. The summed E-state index contributed by atoms with van der Waals surface area (Å²) in [5, 5.41) is 0. The minimum Gasteiger partial charge on any atom is -0.368 e. The molecule has 0 spiro atoms. The molecule has 2 heterocycles. The number of halogens is 1. The zero-order valence-corrected chi connectivity index (χ0v) is 9.31. The molecule has 2 N–H and O–H groups in total. The van der Waals surface area contributed by atoms with Crippen LogP contribution >= 0.6 is 11.6 Å². The van der Waals surface area contributed by atoms with Crippen molar-refractivity contribution in [2.45, 2.75) is 13.0 Å². The molecule has 6 heteroatoms. The number of rotatable bonds is 4. The fourth-order valence-corrected chi connectivity index (χ4v) is 1.77. The number of aromatic nitrogens is 3. The van der Waals surface area contributed by atoms with Crippen molar-refractivity contribution >= 4 is 28.7 Å². The Labute approximate surface area is 97.2 Å². The molecule has 2 aromatic heterocycles. The third-order valence-corrected chi connectivity index (χ3v) is 2.40. The number of pyridine rings is 1. The molecule has 0 unspecified atom stereocenters. The molecule has 0 aliphatic rings. The second kappa shape index (κ2) is 4.49. The normalized spacial score (nSPS) is 10.8. The van der Waals surface area contributed by atoms with Crippen LogP contribution in [0.3, 0.4) is 0 Å². The van der Waals surface area contributed by atoms with Gasteiger partial charge in [-0.05, 0) is 12.1 Å². The summed E-state index contributed by atoms with van der Waals surface area (Å²) in [5.41, 5.74) is 6.61. The number of fused-ring (bicyclic) bond motifs is 1. The second-order valence-electron chi connectivity index (χ2n) is 3.37. The van der Waals surface area contributed by atoms with Gasteiger partial charge in [0.25, 0.3) is 0 Å². The summed E-state index contributed by atoms with van der Waals surface area (Å²) in [6.07, 6.45) is 2.25. The van der Waals surface area contributed by atoms with E-state index in [1.54, 1.807) is 16.8 Å². The standard InChI is InChI=1S/C10H11ClN4O/c11-4-3-9-14-7-2-1-5-13-10(7)15(9)6-8(12)16/h1-2,5H,3-4,6H2,(H2,12,16). The topological polar surface area (TPSA) is 73.8 Å². The highest BCUT2D eigenvalue weighted by atomic mass is 35.5. The van der Waals surface area contributed by atoms with Gasteiger partial charge < -0.3 is 10.3 Å². The molecule has 16 heavy (non-hydrogen) atoms. The molecule has 84 valence electrons. The smallest absolute Gasteiger partial charge is 0.237 e. The lowest BCUT2D eigenvalue weighted by Gasteiger charge is -2.04. The van der Waals surface area contributed by atoms with Gasteiger partial charge in [-0.15, -0.1) is 11.6 Å². The van der Waals surface area contributed by atoms with Crippen molar-refractivity contribution in [3.63, 3.8) is 0 Å². The lowest BCUT2D eigenvalue weighted by Crippen LogP contribution is -2.20. The van der Waals surface area contributed by atoms with Crippen molar-refractivity contribution in [2.24, 2.45) is 5.73 Å². The van der Waals surface area contributed by atoms with Crippen molar-refractivity contribution in [3.05, 3.63) is 24.2 Å². The Hall–Kier alpha value is -1.62. The molecule has 2 rings (SSSR count). The molecule has 2 aromatic rings. The molecule has 0 aromatic carbocycles. The van der Waals surface area contributed by atoms with Crippen LogP contribution in [0.25, 0.3) is 11.2 Å². The zero-order valence-electron chi connectivity index (χ0n) is 8.56. The maximum atomic E-state index is 11.0. The number of nitrogens with zero attached hydrogens (tertiary/aromatic N) is 3. The molecule has 0 saturated heterocycles. The SMILES string of the molecule is NC(=O)Cn1c(CCCl)nc2cccnc21. The Balaban J connectivity index is 2.54. The molecule has 0 radical (unpaired) electrons. The predicted octanol–water partition coefficient (Wildman–Crippen LogP) is 0.698. The van der Waals surface area contributed by atoms with Gasteiger partial charge in [-0.3, -0.25) is 4.79 Å². The maximum absolute atomic E-state index is 11.0. The van der Waals surface area contributed by atoms with Crippen molar-refractivity contribution in [3.8, 4) is 0 Å². The number of primary amides is 1. The molecule has 5 nitrogen and oxygen atoms in total. The number of imidazole rings is 1. The number of hydrogen-bond donors (Lipinski definition) is 1. The first-order chi connectivity index (χ1) is 7.72. The highest BCUT2D eigenvalue weighted by Gasteiger charge is 2.12. The van der Waals surface area contributed by atoms with Crippen LogP contribution in [0.5, 0.6) is 0 Å². The molecule has 0 saturated carbocycles. The van der Waals surface area contributed by atoms with Gasteiger partial charge in [-0.1, -0.05) is 0 Å². The van der Waals surface area contributed by atoms with Gasteiger partial charge in [-0.25, -0.2) is 9.97 Å². The number of carbonyl (C=O) groups is 1. The van der Waals surface area contributed by atoms with E-state index in [-0.39, 0.29) is 6.54 Å². The molecule has 0 aliphatic heterocycles. The molecule has 0 aliphatic carbocycles. The van der Waals surface area contributed by atoms with Crippen LogP contribution < -0.4 is 5.73 Å². The number of hydrogen-bond acceptors (Lipinski definition) is 3. The van der Waals surface area contributed by atoms with Gasteiger partial charge in [-0.2, -0.15) is 0 Å². The van der Waals surface area contributed by atoms with Gasteiger partial charge >= 0.3 is 0 Å². The minimum atomic E-state index is -0.416. The number of nitrogens with two attached hydrogens (primary N) is 1. The molecule has 0 fully saturated rings. The van der Waals surface area contributed by atoms with E-state index in [1.165, 1.54) is 0 Å². The van der Waals surface area contributed by atoms with Gasteiger partial charge in [0.05, 0.1) is 0 Å². The fraction of sp³-hybridized carbons (Fsp3) is 0.300.